The number of carbonyl (C=O) groups is 1. The van der Waals surface area contributed by atoms with Crippen LogP contribution in [0.5, 0.6) is 0 Å². The van der Waals surface area contributed by atoms with Gasteiger partial charge in [-0.05, 0) is 37.1 Å². The highest BCUT2D eigenvalue weighted by atomic mass is 32.2. The summed E-state index contributed by atoms with van der Waals surface area (Å²) in [6.45, 7) is 1.35. The van der Waals surface area contributed by atoms with Gasteiger partial charge in [0, 0.05) is 25.4 Å². The molecule has 0 unspecified atom stereocenters. The number of Topliss-reactive ketones (excluding diaryl/α,β-unsaturated/α-hetero) is 1. The summed E-state index contributed by atoms with van der Waals surface area (Å²) in [5, 5.41) is 13.3. The zero-order chi connectivity index (χ0) is 19.5. The van der Waals surface area contributed by atoms with E-state index in [4.69, 9.17) is 4.74 Å². The van der Waals surface area contributed by atoms with Crippen molar-refractivity contribution in [2.24, 2.45) is 7.05 Å². The number of ether oxygens (including phenoxy) is 1. The van der Waals surface area contributed by atoms with Crippen molar-refractivity contribution in [1.29, 1.82) is 0 Å². The second kappa shape index (κ2) is 8.24. The van der Waals surface area contributed by atoms with Crippen LogP contribution in [-0.2, 0) is 18.3 Å². The first-order valence-corrected chi connectivity index (χ1v) is 10.0. The lowest BCUT2D eigenvalue weighted by Crippen LogP contribution is -2.17. The fraction of sp³-hybridized carbons (Fsp3) is 0.368. The van der Waals surface area contributed by atoms with E-state index in [9.17, 15) is 9.18 Å². The predicted octanol–water partition coefficient (Wildman–Crippen LogP) is 2.97. The number of rotatable bonds is 7. The average Bonchev–Trinajstić information content (AvgIpc) is 3.43. The largest absolute Gasteiger partial charge is 0.376 e. The SMILES string of the molecule is Cn1cc(C(=O)CSc2nnc(-c3ccc(F)cc3)n2C[C@@H]2CCCO2)cn1. The second-order valence-electron chi connectivity index (χ2n) is 6.67. The number of benzene rings is 1. The maximum Gasteiger partial charge on any atom is 0.192 e. The number of halogens is 1. The molecule has 7 nitrogen and oxygen atoms in total. The highest BCUT2D eigenvalue weighted by Gasteiger charge is 2.22. The first-order valence-electron chi connectivity index (χ1n) is 9.05. The quantitative estimate of drug-likeness (QED) is 0.448. The molecule has 1 atom stereocenters. The molecule has 1 fully saturated rings. The highest BCUT2D eigenvalue weighted by molar-refractivity contribution is 7.99. The molecule has 4 rings (SSSR count). The second-order valence-corrected chi connectivity index (χ2v) is 7.62. The van der Waals surface area contributed by atoms with Gasteiger partial charge in [0.2, 0.25) is 0 Å². The van der Waals surface area contributed by atoms with Crippen molar-refractivity contribution >= 4 is 17.5 Å². The molecule has 3 aromatic rings. The number of hydrogen-bond donors (Lipinski definition) is 0. The van der Waals surface area contributed by atoms with Gasteiger partial charge >= 0.3 is 0 Å². The third-order valence-corrected chi connectivity index (χ3v) is 5.56. The van der Waals surface area contributed by atoms with E-state index in [1.54, 1.807) is 36.3 Å². The number of nitrogens with zero attached hydrogens (tertiary/aromatic N) is 5. The van der Waals surface area contributed by atoms with Crippen LogP contribution in [0.15, 0.2) is 41.8 Å². The van der Waals surface area contributed by atoms with E-state index in [1.165, 1.54) is 23.9 Å². The third kappa shape index (κ3) is 4.15. The number of carbonyl (C=O) groups excluding carboxylic acids is 1. The summed E-state index contributed by atoms with van der Waals surface area (Å²) in [5.74, 6) is 0.559. The van der Waals surface area contributed by atoms with Crippen LogP contribution < -0.4 is 0 Å². The summed E-state index contributed by atoms with van der Waals surface area (Å²) in [5.41, 5.74) is 1.34. The van der Waals surface area contributed by atoms with Crippen LogP contribution >= 0.6 is 11.8 Å². The Labute approximate surface area is 165 Å². The molecule has 1 aromatic carbocycles. The van der Waals surface area contributed by atoms with Crippen LogP contribution in [0.4, 0.5) is 4.39 Å². The monoisotopic (exact) mass is 401 g/mol. The fourth-order valence-electron chi connectivity index (χ4n) is 3.14. The Hall–Kier alpha value is -2.52. The van der Waals surface area contributed by atoms with Gasteiger partial charge in [-0.25, -0.2) is 4.39 Å². The number of aromatic nitrogens is 5. The minimum absolute atomic E-state index is 0.0203. The van der Waals surface area contributed by atoms with Crippen molar-refractivity contribution in [3.63, 3.8) is 0 Å². The van der Waals surface area contributed by atoms with E-state index >= 15 is 0 Å². The van der Waals surface area contributed by atoms with Crippen LogP contribution in [0.3, 0.4) is 0 Å². The van der Waals surface area contributed by atoms with Crippen molar-refractivity contribution in [2.75, 3.05) is 12.4 Å². The Morgan fingerprint density at radius 3 is 2.82 bits per heavy atom. The fourth-order valence-corrected chi connectivity index (χ4v) is 3.99. The number of aryl methyl sites for hydroxylation is 1. The lowest BCUT2D eigenvalue weighted by Gasteiger charge is -2.14. The molecule has 0 spiro atoms. The minimum atomic E-state index is -0.300. The summed E-state index contributed by atoms with van der Waals surface area (Å²) < 4.78 is 22.6. The molecule has 0 aliphatic carbocycles. The molecule has 0 saturated carbocycles. The van der Waals surface area contributed by atoms with Crippen molar-refractivity contribution in [3.8, 4) is 11.4 Å². The minimum Gasteiger partial charge on any atom is -0.376 e. The van der Waals surface area contributed by atoms with Crippen molar-refractivity contribution in [3.05, 3.63) is 48.0 Å². The van der Waals surface area contributed by atoms with Gasteiger partial charge in [0.1, 0.15) is 5.82 Å². The molecule has 0 radical (unpaired) electrons. The number of hydrogen-bond acceptors (Lipinski definition) is 6. The summed E-state index contributed by atoms with van der Waals surface area (Å²) in [6, 6.07) is 6.17. The number of thioether (sulfide) groups is 1. The Morgan fingerprint density at radius 1 is 1.32 bits per heavy atom. The van der Waals surface area contributed by atoms with Crippen LogP contribution in [0.25, 0.3) is 11.4 Å². The Kier molecular flexibility index (Phi) is 5.54. The van der Waals surface area contributed by atoms with Gasteiger partial charge in [-0.3, -0.25) is 14.0 Å². The van der Waals surface area contributed by atoms with E-state index < -0.39 is 0 Å². The van der Waals surface area contributed by atoms with E-state index in [2.05, 4.69) is 15.3 Å². The molecule has 0 N–H and O–H groups in total. The molecule has 0 amide bonds. The van der Waals surface area contributed by atoms with Crippen molar-refractivity contribution < 1.29 is 13.9 Å². The van der Waals surface area contributed by atoms with E-state index in [0.29, 0.717) is 23.1 Å². The van der Waals surface area contributed by atoms with E-state index in [1.807, 2.05) is 4.57 Å². The van der Waals surface area contributed by atoms with Gasteiger partial charge in [0.05, 0.1) is 30.2 Å². The molecule has 28 heavy (non-hydrogen) atoms. The third-order valence-electron chi connectivity index (χ3n) is 4.59. The first kappa shape index (κ1) is 18.8. The Balaban J connectivity index is 1.56. The molecular weight excluding hydrogens is 381 g/mol. The molecule has 146 valence electrons. The van der Waals surface area contributed by atoms with Crippen LogP contribution in [0.2, 0.25) is 0 Å². The van der Waals surface area contributed by atoms with Crippen LogP contribution in [-0.4, -0.2) is 48.8 Å². The van der Waals surface area contributed by atoms with Gasteiger partial charge in [0.15, 0.2) is 16.8 Å². The molecule has 1 aliphatic heterocycles. The lowest BCUT2D eigenvalue weighted by molar-refractivity contribution is 0.0953. The van der Waals surface area contributed by atoms with Gasteiger partial charge in [0.25, 0.3) is 0 Å². The number of ketones is 1. The van der Waals surface area contributed by atoms with E-state index in [0.717, 1.165) is 25.0 Å². The zero-order valence-corrected chi connectivity index (χ0v) is 16.2. The van der Waals surface area contributed by atoms with Gasteiger partial charge < -0.3 is 4.74 Å². The van der Waals surface area contributed by atoms with Gasteiger partial charge in [-0.2, -0.15) is 5.10 Å². The molecule has 1 saturated heterocycles. The van der Waals surface area contributed by atoms with Crippen LogP contribution in [0, 0.1) is 5.82 Å². The van der Waals surface area contributed by atoms with Crippen molar-refractivity contribution in [2.45, 2.75) is 30.6 Å². The summed E-state index contributed by atoms with van der Waals surface area (Å²) in [7, 11) is 1.77. The summed E-state index contributed by atoms with van der Waals surface area (Å²) in [6.07, 6.45) is 5.34. The first-order chi connectivity index (χ1) is 13.6. The molecule has 1 aliphatic rings. The molecule has 2 aromatic heterocycles. The topological polar surface area (TPSA) is 74.8 Å². The molecule has 0 bridgehead atoms. The molecule has 3 heterocycles. The zero-order valence-electron chi connectivity index (χ0n) is 15.4. The maximum absolute atomic E-state index is 13.3. The average molecular weight is 401 g/mol. The molecule has 9 heteroatoms. The predicted molar refractivity (Wildman–Crippen MR) is 103 cm³/mol. The van der Waals surface area contributed by atoms with Gasteiger partial charge in [-0.1, -0.05) is 11.8 Å². The Bertz CT molecular complexity index is 963. The smallest absolute Gasteiger partial charge is 0.192 e. The molecular formula is C19H20FN5O2S. The highest BCUT2D eigenvalue weighted by Crippen LogP contribution is 2.27. The summed E-state index contributed by atoms with van der Waals surface area (Å²) >= 11 is 1.33. The summed E-state index contributed by atoms with van der Waals surface area (Å²) in [4.78, 5) is 12.4. The lowest BCUT2D eigenvalue weighted by atomic mass is 10.2. The maximum atomic E-state index is 13.3. The van der Waals surface area contributed by atoms with Crippen LogP contribution in [0.1, 0.15) is 23.2 Å². The Morgan fingerprint density at radius 2 is 2.14 bits per heavy atom. The van der Waals surface area contributed by atoms with Gasteiger partial charge in [-0.15, -0.1) is 10.2 Å². The van der Waals surface area contributed by atoms with Crippen molar-refractivity contribution in [1.82, 2.24) is 24.5 Å². The standard InChI is InChI=1S/C19H20FN5O2S/c1-24-10-14(9-21-24)17(26)12-28-19-23-22-18(13-4-6-15(20)7-5-13)25(19)11-16-3-2-8-27-16/h4-7,9-10,16H,2-3,8,11-12H2,1H3/t16-/m0/s1. The van der Waals surface area contributed by atoms with E-state index in [-0.39, 0.29) is 23.5 Å². The normalized spacial score (nSPS) is 16.6.